The van der Waals surface area contributed by atoms with E-state index in [0.717, 1.165) is 27.3 Å². The van der Waals surface area contributed by atoms with Crippen LogP contribution < -0.4 is 42.5 Å². The molecule has 2 aliphatic heterocycles. The van der Waals surface area contributed by atoms with Crippen molar-refractivity contribution in [3.8, 4) is 23.0 Å². The number of rotatable bonds is 27. The molecule has 2 aliphatic rings. The number of hydrogen-bond acceptors (Lipinski definition) is 12. The van der Waals surface area contributed by atoms with Gasteiger partial charge in [0, 0.05) is 111 Å². The Morgan fingerprint density at radius 1 is 0.764 bits per heavy atom. The highest BCUT2D eigenvalue weighted by molar-refractivity contribution is 6.12. The normalized spacial score (nSPS) is 14.4. The molecule has 1 saturated heterocycles. The zero-order valence-electron chi connectivity index (χ0n) is 51.3. The summed E-state index contributed by atoms with van der Waals surface area (Å²) < 4.78 is 25.6. The number of nitrogens with zero attached hydrogens (tertiary/aromatic N) is 4. The van der Waals surface area contributed by atoms with Crippen LogP contribution in [-0.4, -0.2) is 133 Å². The largest absolute Gasteiger partial charge is 0.445 e. The number of nitrogens with two attached hydrogens (primary N) is 1. The van der Waals surface area contributed by atoms with Crippen LogP contribution in [0.15, 0.2) is 128 Å². The van der Waals surface area contributed by atoms with Crippen molar-refractivity contribution in [1.29, 1.82) is 0 Å². The van der Waals surface area contributed by atoms with E-state index in [4.69, 9.17) is 15.2 Å². The van der Waals surface area contributed by atoms with E-state index in [-0.39, 0.29) is 74.6 Å². The number of amides is 10. The first kappa shape index (κ1) is 66.9. The molecule has 0 saturated carbocycles. The molecule has 5 aromatic rings. The van der Waals surface area contributed by atoms with Gasteiger partial charge >= 0.3 is 18.2 Å². The number of primary amides is 1. The quantitative estimate of drug-likeness (QED) is 0.0150. The van der Waals surface area contributed by atoms with Crippen LogP contribution in [0.25, 0.3) is 11.1 Å². The summed E-state index contributed by atoms with van der Waals surface area (Å²) in [6.07, 6.45) is 7.61. The van der Waals surface area contributed by atoms with Gasteiger partial charge in [-0.2, -0.15) is 0 Å². The Morgan fingerprint density at radius 3 is 2.11 bits per heavy atom. The molecule has 8 N–H and O–H groups in total. The number of hydrogen-bond donors (Lipinski definition) is 7. The number of benzene rings is 4. The van der Waals surface area contributed by atoms with E-state index in [0.29, 0.717) is 86.5 Å². The first-order valence-corrected chi connectivity index (χ1v) is 29.9. The number of imide groups is 1. The Hall–Kier alpha value is -9.62. The van der Waals surface area contributed by atoms with Crippen LogP contribution >= 0.6 is 0 Å². The van der Waals surface area contributed by atoms with Crippen molar-refractivity contribution in [2.75, 3.05) is 68.0 Å². The highest BCUT2D eigenvalue weighted by atomic mass is 19.1. The first-order chi connectivity index (χ1) is 42.6. The van der Waals surface area contributed by atoms with E-state index < -0.39 is 47.0 Å². The Kier molecular flexibility index (Phi) is 23.9. The number of urea groups is 2. The third-order valence-corrected chi connectivity index (χ3v) is 15.7. The fraction of sp³-hybridized carbons (Fsp3) is 0.388. The van der Waals surface area contributed by atoms with Gasteiger partial charge in [-0.1, -0.05) is 75.9 Å². The van der Waals surface area contributed by atoms with E-state index >= 15 is 0 Å². The smallest absolute Gasteiger partial charge is 0.410 e. The van der Waals surface area contributed by atoms with E-state index in [1.807, 2.05) is 75.4 Å². The second-order valence-electron chi connectivity index (χ2n) is 23.1. The van der Waals surface area contributed by atoms with E-state index in [1.54, 1.807) is 74.5 Å². The summed E-state index contributed by atoms with van der Waals surface area (Å²) in [6.45, 7) is 13.8. The molecule has 0 radical (unpaired) electrons. The maximum Gasteiger partial charge on any atom is 0.410 e. The Labute approximate surface area is 519 Å². The lowest BCUT2D eigenvalue weighted by Gasteiger charge is -2.35. The van der Waals surface area contributed by atoms with Gasteiger partial charge in [-0.25, -0.2) is 18.8 Å². The zero-order chi connectivity index (χ0) is 64.1. The minimum Gasteiger partial charge on any atom is -0.445 e. The van der Waals surface area contributed by atoms with Crippen molar-refractivity contribution in [3.05, 3.63) is 156 Å². The summed E-state index contributed by atoms with van der Waals surface area (Å²) in [5.74, 6) is 3.38. The average molecular weight is 1220 g/mol. The lowest BCUT2D eigenvalue weighted by atomic mass is 9.82. The van der Waals surface area contributed by atoms with Crippen LogP contribution in [0.5, 0.6) is 0 Å². The van der Waals surface area contributed by atoms with Crippen LogP contribution in [-0.2, 0) is 46.5 Å². The topological polar surface area (TPSA) is 276 Å². The number of halogens is 1. The third kappa shape index (κ3) is 20.2. The molecular formula is C67H80FN11O10. The van der Waals surface area contributed by atoms with Crippen LogP contribution in [0.2, 0.25) is 0 Å². The predicted molar refractivity (Wildman–Crippen MR) is 337 cm³/mol. The molecule has 89 heavy (non-hydrogen) atoms. The molecular weight excluding hydrogens is 1140 g/mol. The highest BCUT2D eigenvalue weighted by Crippen LogP contribution is 2.31. The number of pyridine rings is 1. The minimum absolute atomic E-state index is 0.0265. The number of anilines is 3. The number of carbonyl (C=O) groups excluding carboxylic acids is 8. The summed E-state index contributed by atoms with van der Waals surface area (Å²) in [4.78, 5) is 113. The molecule has 1 unspecified atom stereocenters. The van der Waals surface area contributed by atoms with Gasteiger partial charge in [0.05, 0.1) is 5.60 Å². The molecule has 1 fully saturated rings. The van der Waals surface area contributed by atoms with Crippen molar-refractivity contribution in [2.24, 2.45) is 17.1 Å². The number of nitrogens with one attached hydrogen (secondary N) is 6. The molecule has 10 amide bonds. The molecule has 1 aromatic heterocycles. The van der Waals surface area contributed by atoms with Crippen LogP contribution in [0.1, 0.15) is 95.9 Å². The van der Waals surface area contributed by atoms with Crippen molar-refractivity contribution in [1.82, 2.24) is 36.1 Å². The van der Waals surface area contributed by atoms with Crippen LogP contribution in [0.3, 0.4) is 0 Å². The summed E-state index contributed by atoms with van der Waals surface area (Å²) in [7, 11) is 0. The Bertz CT molecular complexity index is 3360. The summed E-state index contributed by atoms with van der Waals surface area (Å²) in [5, 5.41) is 16.9. The lowest BCUT2D eigenvalue weighted by Crippen LogP contribution is -2.56. The second kappa shape index (κ2) is 31.9. The van der Waals surface area contributed by atoms with Gasteiger partial charge in [-0.15, -0.1) is 0 Å². The maximum absolute atomic E-state index is 14.0. The van der Waals surface area contributed by atoms with Gasteiger partial charge < -0.3 is 56.9 Å². The van der Waals surface area contributed by atoms with E-state index in [1.165, 1.54) is 24.3 Å². The SMILES string of the molecule is CCC(C)(CCOC(C)(C)CCN1C(=O)C=CC1=O)C(=O)N[C@H](C(=O)N[C@@H](CCCNC(N)=O)C(=O)Nc1ccc(COC(=O)N2CCN(c3ccc(-c4ccc(NC(=O)NCCc5cccnc5)cc4C#Cc4ccc(F)cc4)cc3)CC2)cc1)C(C)C. The maximum atomic E-state index is 14.0. The molecule has 0 aliphatic carbocycles. The average Bonchev–Trinajstić information content (AvgIpc) is 4.09. The van der Waals surface area contributed by atoms with Gasteiger partial charge in [0.15, 0.2) is 0 Å². The van der Waals surface area contributed by atoms with Crippen LogP contribution in [0.4, 0.5) is 35.8 Å². The highest BCUT2D eigenvalue weighted by Gasteiger charge is 2.37. The molecule has 7 rings (SSSR count). The van der Waals surface area contributed by atoms with Gasteiger partial charge in [0.1, 0.15) is 24.5 Å². The summed E-state index contributed by atoms with van der Waals surface area (Å²) in [5.41, 5.74) is 10.2. The Balaban J connectivity index is 0.888. The number of carbonyl (C=O) groups is 8. The Morgan fingerprint density at radius 2 is 1.46 bits per heavy atom. The molecule has 22 heteroatoms. The van der Waals surface area contributed by atoms with E-state index in [2.05, 4.69) is 53.6 Å². The minimum atomic E-state index is -1.08. The molecule has 3 atom stereocenters. The first-order valence-electron chi connectivity index (χ1n) is 29.9. The standard InChI is InChI=1S/C67H80FN11O10/c1-7-67(6,32-41-89-66(4,5)31-36-79-57(80)28-29-58(79)81)62(84)76-59(45(2)3)61(83)75-56(11-9-34-71-63(69)85)60(82)73-52-22-15-48(16-23-52)44-88-65(87)78-39-37-77(38-40-78)54-25-18-49(19-26-54)55-27-24-53(42-50(55)17-12-46-13-20-51(68)21-14-46)74-64(86)72-35-30-47-10-8-33-70-43-47/h8,10,13-16,18-29,33,42-43,45,56,59H,7,9,11,30-32,34-41,44H2,1-6H3,(H,73,82)(H,75,83)(H,76,84)(H3,69,71,85)(H2,72,74,86)/t56-,59-,67?/m0/s1. The summed E-state index contributed by atoms with van der Waals surface area (Å²) >= 11 is 0. The molecule has 4 aromatic carbocycles. The molecule has 0 bridgehead atoms. The monoisotopic (exact) mass is 1220 g/mol. The van der Waals surface area contributed by atoms with Crippen molar-refractivity contribution < 1.29 is 52.2 Å². The summed E-state index contributed by atoms with van der Waals surface area (Å²) in [6, 6.07) is 26.8. The van der Waals surface area contributed by atoms with Crippen molar-refractivity contribution in [3.63, 3.8) is 0 Å². The molecule has 0 spiro atoms. The van der Waals surface area contributed by atoms with Gasteiger partial charge in [0.2, 0.25) is 17.7 Å². The van der Waals surface area contributed by atoms with Gasteiger partial charge in [0.25, 0.3) is 11.8 Å². The van der Waals surface area contributed by atoms with Gasteiger partial charge in [-0.05, 0) is 147 Å². The second-order valence-corrected chi connectivity index (χ2v) is 23.1. The number of aromatic nitrogens is 1. The third-order valence-electron chi connectivity index (χ3n) is 15.7. The number of ether oxygens (including phenoxy) is 2. The van der Waals surface area contributed by atoms with Crippen molar-refractivity contribution in [2.45, 2.75) is 104 Å². The predicted octanol–water partition coefficient (Wildman–Crippen LogP) is 8.04. The lowest BCUT2D eigenvalue weighted by molar-refractivity contribution is -0.139. The fourth-order valence-electron chi connectivity index (χ4n) is 9.85. The van der Waals surface area contributed by atoms with E-state index in [9.17, 15) is 42.7 Å². The molecule has 3 heterocycles. The fourth-order valence-corrected chi connectivity index (χ4v) is 9.85. The zero-order valence-corrected chi connectivity index (χ0v) is 51.3. The molecule has 21 nitrogen and oxygen atoms in total. The number of piperazine rings is 1. The molecule has 470 valence electrons. The van der Waals surface area contributed by atoms with Crippen molar-refractivity contribution >= 4 is 64.8 Å². The van der Waals surface area contributed by atoms with Crippen LogP contribution in [0, 0.1) is 29.0 Å². The van der Waals surface area contributed by atoms with Gasteiger partial charge in [-0.3, -0.25) is 33.9 Å².